The molecular formula is C11H17N3O3S. The number of thioether (sulfide) groups is 1. The summed E-state index contributed by atoms with van der Waals surface area (Å²) in [4.78, 5) is 10.6. The van der Waals surface area contributed by atoms with E-state index in [0.717, 1.165) is 31.0 Å². The van der Waals surface area contributed by atoms with Gasteiger partial charge in [0, 0.05) is 6.04 Å². The molecule has 7 heteroatoms. The van der Waals surface area contributed by atoms with Crippen molar-refractivity contribution in [3.8, 4) is 0 Å². The molecule has 0 spiro atoms. The highest BCUT2D eigenvalue weighted by Gasteiger charge is 2.27. The van der Waals surface area contributed by atoms with Crippen LogP contribution in [0.4, 0.5) is 0 Å². The van der Waals surface area contributed by atoms with Gasteiger partial charge in [0.2, 0.25) is 0 Å². The number of nitrogens with zero attached hydrogens (tertiary/aromatic N) is 3. The van der Waals surface area contributed by atoms with Crippen LogP contribution in [-0.2, 0) is 11.4 Å². The van der Waals surface area contributed by atoms with Gasteiger partial charge < -0.3 is 14.8 Å². The molecule has 2 unspecified atom stereocenters. The summed E-state index contributed by atoms with van der Waals surface area (Å²) >= 11 is 1.16. The van der Waals surface area contributed by atoms with Gasteiger partial charge in [0.15, 0.2) is 11.0 Å². The van der Waals surface area contributed by atoms with E-state index >= 15 is 0 Å². The smallest absolute Gasteiger partial charge is 0.313 e. The zero-order valence-corrected chi connectivity index (χ0v) is 11.1. The molecule has 1 aliphatic rings. The molecule has 0 saturated heterocycles. The lowest BCUT2D eigenvalue weighted by molar-refractivity contribution is -0.133. The monoisotopic (exact) mass is 271 g/mol. The summed E-state index contributed by atoms with van der Waals surface area (Å²) in [5.74, 6) is 0.273. The highest BCUT2D eigenvalue weighted by Crippen LogP contribution is 2.37. The number of aliphatic carboxylic acids is 1. The Kier molecular flexibility index (Phi) is 4.23. The van der Waals surface area contributed by atoms with Crippen LogP contribution >= 0.6 is 11.8 Å². The van der Waals surface area contributed by atoms with Crippen LogP contribution in [0, 0.1) is 5.92 Å². The molecule has 100 valence electrons. The van der Waals surface area contributed by atoms with E-state index in [1.54, 1.807) is 0 Å². The molecule has 1 aliphatic carbocycles. The molecular weight excluding hydrogens is 254 g/mol. The lowest BCUT2D eigenvalue weighted by Crippen LogP contribution is -2.12. The molecule has 0 amide bonds. The van der Waals surface area contributed by atoms with Gasteiger partial charge in [0.1, 0.15) is 6.61 Å². The maximum Gasteiger partial charge on any atom is 0.313 e. The standard InChI is InChI=1S/C11H17N3O3S/c1-7-2-3-8(4-7)14-9(5-15)12-13-11(14)18-6-10(16)17/h7-8,15H,2-6H2,1H3,(H,16,17). The van der Waals surface area contributed by atoms with Crippen LogP contribution < -0.4 is 0 Å². The van der Waals surface area contributed by atoms with Gasteiger partial charge in [-0.05, 0) is 25.2 Å². The van der Waals surface area contributed by atoms with Crippen LogP contribution in [-0.4, -0.2) is 36.7 Å². The Morgan fingerprint density at radius 3 is 2.83 bits per heavy atom. The van der Waals surface area contributed by atoms with Crippen molar-refractivity contribution < 1.29 is 15.0 Å². The highest BCUT2D eigenvalue weighted by atomic mass is 32.2. The molecule has 18 heavy (non-hydrogen) atoms. The lowest BCUT2D eigenvalue weighted by Gasteiger charge is -2.16. The quantitative estimate of drug-likeness (QED) is 0.785. The normalized spacial score (nSPS) is 23.4. The van der Waals surface area contributed by atoms with E-state index in [-0.39, 0.29) is 18.4 Å². The predicted octanol–water partition coefficient (Wildman–Crippen LogP) is 1.31. The number of hydrogen-bond acceptors (Lipinski definition) is 5. The zero-order chi connectivity index (χ0) is 13.1. The van der Waals surface area contributed by atoms with Crippen LogP contribution in [0.2, 0.25) is 0 Å². The summed E-state index contributed by atoms with van der Waals surface area (Å²) in [5, 5.41) is 26.5. The number of aromatic nitrogens is 3. The first-order chi connectivity index (χ1) is 8.61. The molecule has 0 bridgehead atoms. The molecule has 0 aromatic carbocycles. The Balaban J connectivity index is 2.19. The average molecular weight is 271 g/mol. The van der Waals surface area contributed by atoms with Crippen LogP contribution in [0.3, 0.4) is 0 Å². The molecule has 2 rings (SSSR count). The Bertz CT molecular complexity index is 435. The largest absolute Gasteiger partial charge is 0.481 e. The number of carboxylic acid groups (broad SMARTS) is 1. The second-order valence-electron chi connectivity index (χ2n) is 4.68. The molecule has 2 N–H and O–H groups in total. The summed E-state index contributed by atoms with van der Waals surface area (Å²) in [6.07, 6.45) is 3.22. The summed E-state index contributed by atoms with van der Waals surface area (Å²) < 4.78 is 1.91. The van der Waals surface area contributed by atoms with Crippen molar-refractivity contribution in [2.24, 2.45) is 5.92 Å². The molecule has 6 nitrogen and oxygen atoms in total. The average Bonchev–Trinajstić information content (AvgIpc) is 2.91. The summed E-state index contributed by atoms with van der Waals surface area (Å²) in [6.45, 7) is 2.04. The number of rotatable bonds is 5. The highest BCUT2D eigenvalue weighted by molar-refractivity contribution is 7.99. The number of aliphatic hydroxyl groups excluding tert-OH is 1. The van der Waals surface area contributed by atoms with Crippen molar-refractivity contribution in [2.75, 3.05) is 5.75 Å². The topological polar surface area (TPSA) is 88.2 Å². The zero-order valence-electron chi connectivity index (χ0n) is 10.2. The third kappa shape index (κ3) is 2.84. The molecule has 1 aromatic heterocycles. The summed E-state index contributed by atoms with van der Waals surface area (Å²) in [5.41, 5.74) is 0. The molecule has 0 radical (unpaired) electrons. The fourth-order valence-corrected chi connectivity index (χ4v) is 3.16. The van der Waals surface area contributed by atoms with Crippen molar-refractivity contribution in [3.63, 3.8) is 0 Å². The molecule has 1 fully saturated rings. The molecule has 2 atom stereocenters. The molecule has 0 aliphatic heterocycles. The van der Waals surface area contributed by atoms with Gasteiger partial charge in [-0.3, -0.25) is 4.79 Å². The van der Waals surface area contributed by atoms with Gasteiger partial charge in [-0.15, -0.1) is 10.2 Å². The Morgan fingerprint density at radius 1 is 1.50 bits per heavy atom. The first-order valence-electron chi connectivity index (χ1n) is 6.01. The van der Waals surface area contributed by atoms with Crippen LogP contribution in [0.15, 0.2) is 5.16 Å². The number of hydrogen-bond donors (Lipinski definition) is 2. The van der Waals surface area contributed by atoms with Crippen molar-refractivity contribution >= 4 is 17.7 Å². The van der Waals surface area contributed by atoms with Crippen molar-refractivity contribution in [1.82, 2.24) is 14.8 Å². The number of carbonyl (C=O) groups is 1. The van der Waals surface area contributed by atoms with E-state index < -0.39 is 5.97 Å². The SMILES string of the molecule is CC1CCC(n2c(CO)nnc2SCC(=O)O)C1. The minimum Gasteiger partial charge on any atom is -0.481 e. The van der Waals surface area contributed by atoms with Gasteiger partial charge in [-0.25, -0.2) is 0 Å². The number of aliphatic hydroxyl groups is 1. The van der Waals surface area contributed by atoms with Crippen LogP contribution in [0.5, 0.6) is 0 Å². The van der Waals surface area contributed by atoms with E-state index in [4.69, 9.17) is 5.11 Å². The van der Waals surface area contributed by atoms with Gasteiger partial charge in [0.05, 0.1) is 5.75 Å². The second kappa shape index (κ2) is 5.71. The Hall–Kier alpha value is -1.08. The Labute approximate surface area is 109 Å². The van der Waals surface area contributed by atoms with Gasteiger partial charge >= 0.3 is 5.97 Å². The third-order valence-corrected chi connectivity index (χ3v) is 4.16. The molecule has 1 saturated carbocycles. The van der Waals surface area contributed by atoms with Gasteiger partial charge in [0.25, 0.3) is 0 Å². The van der Waals surface area contributed by atoms with Crippen LogP contribution in [0.25, 0.3) is 0 Å². The number of carboxylic acids is 1. The maximum atomic E-state index is 10.6. The van der Waals surface area contributed by atoms with E-state index in [2.05, 4.69) is 17.1 Å². The Morgan fingerprint density at radius 2 is 2.28 bits per heavy atom. The predicted molar refractivity (Wildman–Crippen MR) is 66.4 cm³/mol. The molecule has 1 aromatic rings. The van der Waals surface area contributed by atoms with Gasteiger partial charge in [-0.2, -0.15) is 0 Å². The fourth-order valence-electron chi connectivity index (χ4n) is 2.42. The first-order valence-corrected chi connectivity index (χ1v) is 6.99. The lowest BCUT2D eigenvalue weighted by atomic mass is 10.1. The maximum absolute atomic E-state index is 10.6. The van der Waals surface area contributed by atoms with E-state index in [1.807, 2.05) is 4.57 Å². The summed E-state index contributed by atoms with van der Waals surface area (Å²) in [6, 6.07) is 0.286. The van der Waals surface area contributed by atoms with Crippen molar-refractivity contribution in [1.29, 1.82) is 0 Å². The minimum absolute atomic E-state index is 0.0359. The fraction of sp³-hybridized carbons (Fsp3) is 0.727. The second-order valence-corrected chi connectivity index (χ2v) is 5.62. The van der Waals surface area contributed by atoms with E-state index in [0.29, 0.717) is 16.9 Å². The summed E-state index contributed by atoms with van der Waals surface area (Å²) in [7, 11) is 0. The van der Waals surface area contributed by atoms with Crippen LogP contribution in [0.1, 0.15) is 38.1 Å². The van der Waals surface area contributed by atoms with E-state index in [9.17, 15) is 9.90 Å². The first kappa shape index (κ1) is 13.4. The van der Waals surface area contributed by atoms with Gasteiger partial charge in [-0.1, -0.05) is 18.7 Å². The van der Waals surface area contributed by atoms with E-state index in [1.165, 1.54) is 0 Å². The van der Waals surface area contributed by atoms with Crippen molar-refractivity contribution in [2.45, 2.75) is 44.0 Å². The minimum atomic E-state index is -0.875. The third-order valence-electron chi connectivity index (χ3n) is 3.23. The van der Waals surface area contributed by atoms with Crippen molar-refractivity contribution in [3.05, 3.63) is 5.82 Å². The molecule has 1 heterocycles.